The Hall–Kier alpha value is -1.45. The Labute approximate surface area is 114 Å². The summed E-state index contributed by atoms with van der Waals surface area (Å²) in [7, 11) is 0. The summed E-state index contributed by atoms with van der Waals surface area (Å²) >= 11 is 7.85. The maximum atomic E-state index is 6.25. The molecule has 90 valence electrons. The highest BCUT2D eigenvalue weighted by molar-refractivity contribution is 7.17. The highest BCUT2D eigenvalue weighted by Crippen LogP contribution is 2.36. The Morgan fingerprint density at radius 1 is 1.06 bits per heavy atom. The van der Waals surface area contributed by atoms with Gasteiger partial charge in [-0.15, -0.1) is 11.3 Å². The van der Waals surface area contributed by atoms with Crippen LogP contribution in [0.1, 0.15) is 11.4 Å². The predicted octanol–water partition coefficient (Wildman–Crippen LogP) is 4.63. The molecule has 18 heavy (non-hydrogen) atoms. The summed E-state index contributed by atoms with van der Waals surface area (Å²) in [6.07, 6.45) is 0. The second-order valence-electron chi connectivity index (χ2n) is 4.26. The predicted molar refractivity (Wildman–Crippen MR) is 77.3 cm³/mol. The van der Waals surface area contributed by atoms with Crippen LogP contribution >= 0.6 is 22.9 Å². The van der Waals surface area contributed by atoms with E-state index in [0.717, 1.165) is 21.3 Å². The van der Waals surface area contributed by atoms with Gasteiger partial charge in [0.1, 0.15) is 15.8 Å². The van der Waals surface area contributed by atoms with Crippen molar-refractivity contribution in [3.8, 4) is 11.1 Å². The van der Waals surface area contributed by atoms with Crippen molar-refractivity contribution in [1.82, 2.24) is 9.97 Å². The third kappa shape index (κ3) is 1.89. The first-order valence-electron chi connectivity index (χ1n) is 5.63. The summed E-state index contributed by atoms with van der Waals surface area (Å²) in [6, 6.07) is 8.41. The molecule has 0 atom stereocenters. The van der Waals surface area contributed by atoms with Crippen LogP contribution in [0.15, 0.2) is 29.6 Å². The molecule has 2 heterocycles. The standard InChI is InChI=1S/C14H11ClN2S/c1-8-3-5-10(6-4-8)11-7-18-14-12(11)13(15)16-9(2)17-14/h3-7H,1-2H3. The molecule has 0 aliphatic heterocycles. The van der Waals surface area contributed by atoms with Crippen molar-refractivity contribution in [3.63, 3.8) is 0 Å². The van der Waals surface area contributed by atoms with Crippen LogP contribution in [0.25, 0.3) is 21.3 Å². The van der Waals surface area contributed by atoms with Gasteiger partial charge < -0.3 is 0 Å². The van der Waals surface area contributed by atoms with Gasteiger partial charge in [0.05, 0.1) is 5.39 Å². The zero-order chi connectivity index (χ0) is 12.7. The van der Waals surface area contributed by atoms with Crippen LogP contribution in [0.4, 0.5) is 0 Å². The Bertz CT molecular complexity index is 716. The van der Waals surface area contributed by atoms with E-state index in [9.17, 15) is 0 Å². The lowest BCUT2D eigenvalue weighted by Crippen LogP contribution is -1.88. The van der Waals surface area contributed by atoms with Crippen LogP contribution in [-0.4, -0.2) is 9.97 Å². The zero-order valence-corrected chi connectivity index (χ0v) is 11.6. The number of thiophene rings is 1. The van der Waals surface area contributed by atoms with Gasteiger partial charge >= 0.3 is 0 Å². The van der Waals surface area contributed by atoms with Crippen molar-refractivity contribution in [3.05, 3.63) is 46.2 Å². The minimum absolute atomic E-state index is 0.536. The number of benzene rings is 1. The van der Waals surface area contributed by atoms with E-state index in [1.165, 1.54) is 5.56 Å². The van der Waals surface area contributed by atoms with Crippen LogP contribution in [-0.2, 0) is 0 Å². The first kappa shape index (κ1) is 11.6. The molecule has 2 aromatic heterocycles. The quantitative estimate of drug-likeness (QED) is 0.605. The van der Waals surface area contributed by atoms with Gasteiger partial charge in [-0.25, -0.2) is 9.97 Å². The third-order valence-corrected chi connectivity index (χ3v) is 4.01. The highest BCUT2D eigenvalue weighted by atomic mass is 35.5. The summed E-state index contributed by atoms with van der Waals surface area (Å²) < 4.78 is 0. The minimum Gasteiger partial charge on any atom is -0.222 e. The van der Waals surface area contributed by atoms with Crippen molar-refractivity contribution < 1.29 is 0 Å². The molecule has 1 aromatic carbocycles. The second kappa shape index (κ2) is 4.34. The fourth-order valence-corrected chi connectivity index (χ4v) is 3.31. The number of aromatic nitrogens is 2. The molecular weight excluding hydrogens is 264 g/mol. The molecule has 3 aromatic rings. The molecule has 2 nitrogen and oxygen atoms in total. The molecule has 0 saturated carbocycles. The van der Waals surface area contributed by atoms with Gasteiger partial charge in [0, 0.05) is 10.9 Å². The fraction of sp³-hybridized carbons (Fsp3) is 0.143. The average Bonchev–Trinajstić information content (AvgIpc) is 2.74. The van der Waals surface area contributed by atoms with E-state index in [2.05, 4.69) is 46.5 Å². The molecule has 3 rings (SSSR count). The van der Waals surface area contributed by atoms with Gasteiger partial charge in [-0.05, 0) is 19.4 Å². The number of hydrogen-bond acceptors (Lipinski definition) is 3. The van der Waals surface area contributed by atoms with Crippen LogP contribution in [0, 0.1) is 13.8 Å². The molecule has 0 aliphatic rings. The molecule has 4 heteroatoms. The van der Waals surface area contributed by atoms with Crippen LogP contribution in [0.2, 0.25) is 5.15 Å². The molecule has 0 spiro atoms. The van der Waals surface area contributed by atoms with E-state index in [-0.39, 0.29) is 0 Å². The van der Waals surface area contributed by atoms with E-state index in [1.54, 1.807) is 11.3 Å². The van der Waals surface area contributed by atoms with E-state index >= 15 is 0 Å². The number of fused-ring (bicyclic) bond motifs is 1. The number of aryl methyl sites for hydroxylation is 2. The summed E-state index contributed by atoms with van der Waals surface area (Å²) in [5.41, 5.74) is 3.51. The van der Waals surface area contributed by atoms with Gasteiger partial charge in [-0.3, -0.25) is 0 Å². The van der Waals surface area contributed by atoms with E-state index < -0.39 is 0 Å². The van der Waals surface area contributed by atoms with E-state index in [4.69, 9.17) is 11.6 Å². The summed E-state index contributed by atoms with van der Waals surface area (Å²) in [6.45, 7) is 3.94. The lowest BCUT2D eigenvalue weighted by Gasteiger charge is -2.02. The maximum absolute atomic E-state index is 6.25. The molecule has 0 radical (unpaired) electrons. The molecule has 0 amide bonds. The van der Waals surface area contributed by atoms with Crippen molar-refractivity contribution in [2.24, 2.45) is 0 Å². The van der Waals surface area contributed by atoms with Crippen molar-refractivity contribution in [2.45, 2.75) is 13.8 Å². The zero-order valence-electron chi connectivity index (χ0n) is 10.1. The van der Waals surface area contributed by atoms with Gasteiger partial charge in [0.2, 0.25) is 0 Å². The number of nitrogens with zero attached hydrogens (tertiary/aromatic N) is 2. The largest absolute Gasteiger partial charge is 0.222 e. The number of halogens is 1. The first-order valence-corrected chi connectivity index (χ1v) is 6.89. The van der Waals surface area contributed by atoms with Gasteiger partial charge in [-0.2, -0.15) is 0 Å². The van der Waals surface area contributed by atoms with Crippen LogP contribution in [0.3, 0.4) is 0 Å². The summed E-state index contributed by atoms with van der Waals surface area (Å²) in [4.78, 5) is 9.61. The van der Waals surface area contributed by atoms with Crippen LogP contribution in [0.5, 0.6) is 0 Å². The SMILES string of the molecule is Cc1ccc(-c2csc3nc(C)nc(Cl)c23)cc1. The van der Waals surface area contributed by atoms with Crippen molar-refractivity contribution >= 4 is 33.2 Å². The summed E-state index contributed by atoms with van der Waals surface area (Å²) in [5, 5.41) is 3.58. The lowest BCUT2D eigenvalue weighted by atomic mass is 10.1. The highest BCUT2D eigenvalue weighted by Gasteiger charge is 2.12. The topological polar surface area (TPSA) is 25.8 Å². The van der Waals surface area contributed by atoms with Gasteiger partial charge in [0.15, 0.2) is 0 Å². The Balaban J connectivity index is 2.27. The Kier molecular flexibility index (Phi) is 2.80. The minimum atomic E-state index is 0.536. The van der Waals surface area contributed by atoms with Gasteiger partial charge in [0.25, 0.3) is 0 Å². The smallest absolute Gasteiger partial charge is 0.142 e. The average molecular weight is 275 g/mol. The Morgan fingerprint density at radius 2 is 1.78 bits per heavy atom. The van der Waals surface area contributed by atoms with E-state index in [0.29, 0.717) is 11.0 Å². The normalized spacial score (nSPS) is 11.1. The molecule has 0 bridgehead atoms. The van der Waals surface area contributed by atoms with Gasteiger partial charge in [-0.1, -0.05) is 41.4 Å². The molecule has 0 aliphatic carbocycles. The molecule has 0 fully saturated rings. The second-order valence-corrected chi connectivity index (χ2v) is 5.47. The number of rotatable bonds is 1. The summed E-state index contributed by atoms with van der Waals surface area (Å²) in [5.74, 6) is 0.713. The molecule has 0 N–H and O–H groups in total. The first-order chi connectivity index (χ1) is 8.65. The Morgan fingerprint density at radius 3 is 2.50 bits per heavy atom. The monoisotopic (exact) mass is 274 g/mol. The van der Waals surface area contributed by atoms with Crippen molar-refractivity contribution in [1.29, 1.82) is 0 Å². The molecule has 0 saturated heterocycles. The maximum Gasteiger partial charge on any atom is 0.142 e. The van der Waals surface area contributed by atoms with Crippen molar-refractivity contribution in [2.75, 3.05) is 0 Å². The molecule has 0 unspecified atom stereocenters. The third-order valence-electron chi connectivity index (χ3n) is 2.86. The lowest BCUT2D eigenvalue weighted by molar-refractivity contribution is 1.10. The molecular formula is C14H11ClN2S. The van der Waals surface area contributed by atoms with Crippen LogP contribution < -0.4 is 0 Å². The van der Waals surface area contributed by atoms with E-state index in [1.807, 2.05) is 6.92 Å². The fourth-order valence-electron chi connectivity index (χ4n) is 1.94. The number of hydrogen-bond donors (Lipinski definition) is 0.